The van der Waals surface area contributed by atoms with Gasteiger partial charge in [-0.2, -0.15) is 0 Å². The third-order valence-electron chi connectivity index (χ3n) is 3.99. The fraction of sp³-hybridized carbons (Fsp3) is 0.706. The van der Waals surface area contributed by atoms with Crippen molar-refractivity contribution >= 4 is 17.7 Å². The van der Waals surface area contributed by atoms with Crippen molar-refractivity contribution < 1.29 is 9.21 Å². The van der Waals surface area contributed by atoms with Crippen LogP contribution in [0.2, 0.25) is 0 Å². The van der Waals surface area contributed by atoms with Gasteiger partial charge in [-0.05, 0) is 18.6 Å². The van der Waals surface area contributed by atoms with Crippen LogP contribution in [0.4, 0.5) is 0 Å². The number of hydrogen-bond acceptors (Lipinski definition) is 3. The van der Waals surface area contributed by atoms with Gasteiger partial charge < -0.3 is 9.32 Å². The number of nitrogens with zero attached hydrogens (tertiary/aromatic N) is 1. The number of furan rings is 1. The Hall–Kier alpha value is -0.900. The third kappa shape index (κ3) is 5.10. The van der Waals surface area contributed by atoms with E-state index in [1.165, 1.54) is 38.5 Å². The average molecular weight is 309 g/mol. The van der Waals surface area contributed by atoms with Crippen LogP contribution in [0.5, 0.6) is 0 Å². The van der Waals surface area contributed by atoms with Crippen LogP contribution < -0.4 is 0 Å². The molecule has 118 valence electrons. The van der Waals surface area contributed by atoms with E-state index in [0.29, 0.717) is 6.42 Å². The van der Waals surface area contributed by atoms with Crippen molar-refractivity contribution in [1.82, 2.24) is 4.90 Å². The normalized spacial score (nSPS) is 18.3. The summed E-state index contributed by atoms with van der Waals surface area (Å²) in [5.41, 5.74) is 0. The molecule has 3 nitrogen and oxygen atoms in total. The molecule has 1 amide bonds. The van der Waals surface area contributed by atoms with E-state index in [0.717, 1.165) is 24.5 Å². The van der Waals surface area contributed by atoms with Crippen molar-refractivity contribution in [3.05, 3.63) is 24.2 Å². The van der Waals surface area contributed by atoms with Crippen molar-refractivity contribution in [1.29, 1.82) is 0 Å². The smallest absolute Gasteiger partial charge is 0.223 e. The highest BCUT2D eigenvalue weighted by Gasteiger charge is 2.31. The summed E-state index contributed by atoms with van der Waals surface area (Å²) < 4.78 is 5.46. The molecule has 2 heterocycles. The maximum atomic E-state index is 12.4. The molecule has 0 radical (unpaired) electrons. The Kier molecular flexibility index (Phi) is 7.20. The standard InChI is InChI=1S/C17H27NO2S/c1-2-3-4-5-6-7-8-11-16(19)18-12-14-21-17(18)15-10-9-13-20-15/h9-10,13,17H,2-8,11-12,14H2,1H3. The molecule has 1 saturated heterocycles. The molecular weight excluding hydrogens is 282 g/mol. The third-order valence-corrected chi connectivity index (χ3v) is 5.21. The average Bonchev–Trinajstić information content (AvgIpc) is 3.16. The molecule has 0 bridgehead atoms. The Bertz CT molecular complexity index is 405. The molecule has 0 spiro atoms. The lowest BCUT2D eigenvalue weighted by Gasteiger charge is -2.22. The van der Waals surface area contributed by atoms with Crippen LogP contribution in [0.25, 0.3) is 0 Å². The minimum absolute atomic E-state index is 0.0945. The zero-order valence-corrected chi connectivity index (χ0v) is 13.9. The van der Waals surface area contributed by atoms with E-state index in [-0.39, 0.29) is 11.3 Å². The second kappa shape index (κ2) is 9.19. The predicted molar refractivity (Wildman–Crippen MR) is 88.2 cm³/mol. The topological polar surface area (TPSA) is 33.5 Å². The highest BCUT2D eigenvalue weighted by atomic mass is 32.2. The molecule has 0 saturated carbocycles. The number of carbonyl (C=O) groups excluding carboxylic acids is 1. The van der Waals surface area contributed by atoms with Crippen molar-refractivity contribution in [3.63, 3.8) is 0 Å². The van der Waals surface area contributed by atoms with E-state index >= 15 is 0 Å². The van der Waals surface area contributed by atoms with Gasteiger partial charge >= 0.3 is 0 Å². The first-order valence-electron chi connectivity index (χ1n) is 8.27. The molecule has 2 rings (SSSR count). The van der Waals surface area contributed by atoms with Crippen LogP contribution in [0, 0.1) is 0 Å². The van der Waals surface area contributed by atoms with E-state index in [1.807, 2.05) is 17.0 Å². The van der Waals surface area contributed by atoms with Gasteiger partial charge in [0.05, 0.1) is 6.26 Å². The number of thioether (sulfide) groups is 1. The van der Waals surface area contributed by atoms with Gasteiger partial charge in [-0.15, -0.1) is 11.8 Å². The van der Waals surface area contributed by atoms with Crippen LogP contribution in [0.15, 0.2) is 22.8 Å². The first-order chi connectivity index (χ1) is 10.3. The van der Waals surface area contributed by atoms with Gasteiger partial charge in [0, 0.05) is 18.7 Å². The summed E-state index contributed by atoms with van der Waals surface area (Å²) in [7, 11) is 0. The Morgan fingerprint density at radius 2 is 2.05 bits per heavy atom. The molecule has 0 aromatic carbocycles. The van der Waals surface area contributed by atoms with Crippen LogP contribution >= 0.6 is 11.8 Å². The molecule has 1 aliphatic rings. The van der Waals surface area contributed by atoms with E-state index < -0.39 is 0 Å². The van der Waals surface area contributed by atoms with E-state index in [4.69, 9.17) is 4.42 Å². The SMILES string of the molecule is CCCCCCCCCC(=O)N1CCSC1c1ccco1. The molecule has 0 aliphatic carbocycles. The largest absolute Gasteiger partial charge is 0.466 e. The predicted octanol–water partition coefficient (Wildman–Crippen LogP) is 4.99. The van der Waals surface area contributed by atoms with Crippen LogP contribution in [0.1, 0.15) is 69.4 Å². The number of unbranched alkanes of at least 4 members (excludes halogenated alkanes) is 6. The number of carbonyl (C=O) groups is 1. The van der Waals surface area contributed by atoms with Gasteiger partial charge in [0.1, 0.15) is 11.1 Å². The molecule has 1 aromatic rings. The van der Waals surface area contributed by atoms with E-state index in [2.05, 4.69) is 6.92 Å². The Balaban J connectivity index is 1.66. The summed E-state index contributed by atoms with van der Waals surface area (Å²) in [5, 5.41) is 0.0945. The van der Waals surface area contributed by atoms with Gasteiger partial charge in [0.25, 0.3) is 0 Å². The minimum Gasteiger partial charge on any atom is -0.466 e. The Morgan fingerprint density at radius 1 is 1.29 bits per heavy atom. The van der Waals surface area contributed by atoms with Gasteiger partial charge in [-0.25, -0.2) is 0 Å². The fourth-order valence-corrected chi connectivity index (χ4v) is 4.00. The van der Waals surface area contributed by atoms with Gasteiger partial charge in [-0.3, -0.25) is 4.79 Å². The first kappa shape index (κ1) is 16.5. The maximum Gasteiger partial charge on any atom is 0.223 e. The van der Waals surface area contributed by atoms with Crippen LogP contribution in [-0.4, -0.2) is 23.1 Å². The molecule has 1 aliphatic heterocycles. The van der Waals surface area contributed by atoms with Gasteiger partial charge in [-0.1, -0.05) is 45.4 Å². The number of amides is 1. The van der Waals surface area contributed by atoms with Crippen LogP contribution in [0.3, 0.4) is 0 Å². The second-order valence-electron chi connectivity index (χ2n) is 5.70. The molecule has 21 heavy (non-hydrogen) atoms. The maximum absolute atomic E-state index is 12.4. The van der Waals surface area contributed by atoms with Gasteiger partial charge in [0.2, 0.25) is 5.91 Å². The molecular formula is C17H27NO2S. The van der Waals surface area contributed by atoms with Crippen molar-refractivity contribution in [2.45, 2.75) is 63.7 Å². The zero-order valence-electron chi connectivity index (χ0n) is 13.1. The zero-order chi connectivity index (χ0) is 14.9. The lowest BCUT2D eigenvalue weighted by atomic mass is 10.1. The lowest BCUT2D eigenvalue weighted by Crippen LogP contribution is -2.29. The second-order valence-corrected chi connectivity index (χ2v) is 6.89. The van der Waals surface area contributed by atoms with E-state index in [9.17, 15) is 4.79 Å². The Morgan fingerprint density at radius 3 is 2.76 bits per heavy atom. The molecule has 0 N–H and O–H groups in total. The summed E-state index contributed by atoms with van der Waals surface area (Å²) >= 11 is 1.80. The summed E-state index contributed by atoms with van der Waals surface area (Å²) in [6.45, 7) is 3.09. The molecule has 1 fully saturated rings. The molecule has 1 unspecified atom stereocenters. The number of hydrogen-bond donors (Lipinski definition) is 0. The monoisotopic (exact) mass is 309 g/mol. The Labute approximate surface area is 132 Å². The summed E-state index contributed by atoms with van der Waals surface area (Å²) in [6.07, 6.45) is 11.1. The van der Waals surface area contributed by atoms with Crippen molar-refractivity contribution in [2.75, 3.05) is 12.3 Å². The molecule has 1 atom stereocenters. The van der Waals surface area contributed by atoms with Crippen molar-refractivity contribution in [3.8, 4) is 0 Å². The highest BCUT2D eigenvalue weighted by Crippen LogP contribution is 2.38. The lowest BCUT2D eigenvalue weighted by molar-refractivity contribution is -0.131. The first-order valence-corrected chi connectivity index (χ1v) is 9.32. The number of rotatable bonds is 9. The summed E-state index contributed by atoms with van der Waals surface area (Å²) in [4.78, 5) is 14.3. The minimum atomic E-state index is 0.0945. The fourth-order valence-electron chi connectivity index (χ4n) is 2.77. The molecule has 4 heteroatoms. The van der Waals surface area contributed by atoms with Crippen LogP contribution in [-0.2, 0) is 4.79 Å². The molecule has 1 aromatic heterocycles. The van der Waals surface area contributed by atoms with Gasteiger partial charge in [0.15, 0.2) is 0 Å². The van der Waals surface area contributed by atoms with Crippen molar-refractivity contribution in [2.24, 2.45) is 0 Å². The summed E-state index contributed by atoms with van der Waals surface area (Å²) in [5.74, 6) is 2.20. The highest BCUT2D eigenvalue weighted by molar-refractivity contribution is 7.99. The quantitative estimate of drug-likeness (QED) is 0.602. The van der Waals surface area contributed by atoms with E-state index in [1.54, 1.807) is 18.0 Å². The summed E-state index contributed by atoms with van der Waals surface area (Å²) in [6, 6.07) is 3.87.